The van der Waals surface area contributed by atoms with Crippen molar-refractivity contribution in [3.05, 3.63) is 48.3 Å². The van der Waals surface area contributed by atoms with E-state index >= 15 is 0 Å². The molecule has 2 nitrogen and oxygen atoms in total. The van der Waals surface area contributed by atoms with E-state index in [0.29, 0.717) is 0 Å². The molecule has 16 heavy (non-hydrogen) atoms. The molecule has 0 saturated heterocycles. The summed E-state index contributed by atoms with van der Waals surface area (Å²) in [6.07, 6.45) is 6.13. The van der Waals surface area contributed by atoms with Gasteiger partial charge in [0.2, 0.25) is 0 Å². The second-order valence-electron chi connectivity index (χ2n) is 4.14. The summed E-state index contributed by atoms with van der Waals surface area (Å²) in [4.78, 5) is 4.16. The Labute approximate surface area is 95.3 Å². The summed E-state index contributed by atoms with van der Waals surface area (Å²) in [6, 6.07) is 10.7. The fourth-order valence-electron chi connectivity index (χ4n) is 2.19. The van der Waals surface area contributed by atoms with Gasteiger partial charge in [0.25, 0.3) is 0 Å². The van der Waals surface area contributed by atoms with E-state index in [0.717, 1.165) is 6.54 Å². The van der Waals surface area contributed by atoms with E-state index in [9.17, 15) is 0 Å². The lowest BCUT2D eigenvalue weighted by atomic mass is 9.98. The minimum atomic E-state index is 1.10. The van der Waals surface area contributed by atoms with Crippen LogP contribution in [0, 0.1) is 0 Å². The van der Waals surface area contributed by atoms with E-state index in [1.807, 2.05) is 18.5 Å². The van der Waals surface area contributed by atoms with Crippen molar-refractivity contribution in [2.24, 2.45) is 0 Å². The number of pyridine rings is 1. The van der Waals surface area contributed by atoms with Crippen molar-refractivity contribution in [2.75, 3.05) is 11.9 Å². The molecule has 0 amide bonds. The van der Waals surface area contributed by atoms with Gasteiger partial charge in [0.1, 0.15) is 0 Å². The minimum absolute atomic E-state index is 1.10. The number of nitrogens with one attached hydrogen (secondary N) is 1. The molecule has 0 bridgehead atoms. The third-order valence-corrected chi connectivity index (χ3v) is 3.04. The van der Waals surface area contributed by atoms with Crippen molar-refractivity contribution < 1.29 is 0 Å². The number of rotatable bonds is 1. The standard InChI is InChI=1S/C14H14N2/c1-4-13(10-15-7-1)11-5-6-14-12(9-11)3-2-8-16-14/h1,4-7,9-10,16H,2-3,8H2. The van der Waals surface area contributed by atoms with Crippen molar-refractivity contribution >= 4 is 5.69 Å². The first-order valence-corrected chi connectivity index (χ1v) is 5.71. The van der Waals surface area contributed by atoms with E-state index in [4.69, 9.17) is 0 Å². The molecule has 2 heterocycles. The van der Waals surface area contributed by atoms with Gasteiger partial charge in [-0.3, -0.25) is 4.98 Å². The molecule has 1 aromatic heterocycles. The Kier molecular flexibility index (Phi) is 2.33. The van der Waals surface area contributed by atoms with Crippen molar-refractivity contribution in [1.82, 2.24) is 4.98 Å². The molecule has 1 aliphatic heterocycles. The predicted octanol–water partition coefficient (Wildman–Crippen LogP) is 3.11. The summed E-state index contributed by atoms with van der Waals surface area (Å²) < 4.78 is 0. The lowest BCUT2D eigenvalue weighted by Gasteiger charge is -2.18. The van der Waals surface area contributed by atoms with Gasteiger partial charge in [0.15, 0.2) is 0 Å². The zero-order chi connectivity index (χ0) is 10.8. The molecular formula is C14H14N2. The van der Waals surface area contributed by atoms with Crippen LogP contribution in [0.5, 0.6) is 0 Å². The molecule has 2 aromatic rings. The van der Waals surface area contributed by atoms with Crippen LogP contribution in [-0.4, -0.2) is 11.5 Å². The molecule has 1 aliphatic rings. The Morgan fingerprint density at radius 3 is 3.00 bits per heavy atom. The molecule has 0 spiro atoms. The van der Waals surface area contributed by atoms with Crippen molar-refractivity contribution in [2.45, 2.75) is 12.8 Å². The normalized spacial score (nSPS) is 14.0. The number of anilines is 1. The number of hydrogen-bond donors (Lipinski definition) is 1. The van der Waals surface area contributed by atoms with Crippen molar-refractivity contribution in [1.29, 1.82) is 0 Å². The lowest BCUT2D eigenvalue weighted by molar-refractivity contribution is 0.830. The van der Waals surface area contributed by atoms with Gasteiger partial charge in [-0.15, -0.1) is 0 Å². The van der Waals surface area contributed by atoms with Crippen LogP contribution < -0.4 is 5.32 Å². The van der Waals surface area contributed by atoms with E-state index in [1.54, 1.807) is 0 Å². The monoisotopic (exact) mass is 210 g/mol. The molecule has 2 heteroatoms. The third kappa shape index (κ3) is 1.67. The molecule has 0 radical (unpaired) electrons. The Balaban J connectivity index is 2.03. The predicted molar refractivity (Wildman–Crippen MR) is 66.5 cm³/mol. The van der Waals surface area contributed by atoms with Crippen LogP contribution in [0.1, 0.15) is 12.0 Å². The largest absolute Gasteiger partial charge is 0.385 e. The Hall–Kier alpha value is -1.83. The van der Waals surface area contributed by atoms with Crippen LogP contribution in [0.3, 0.4) is 0 Å². The summed E-state index contributed by atoms with van der Waals surface area (Å²) in [6.45, 7) is 1.10. The smallest absolute Gasteiger partial charge is 0.0373 e. The molecule has 0 fully saturated rings. The molecule has 3 rings (SSSR count). The first-order chi connectivity index (χ1) is 7.93. The van der Waals surface area contributed by atoms with Gasteiger partial charge >= 0.3 is 0 Å². The second-order valence-corrected chi connectivity index (χ2v) is 4.14. The van der Waals surface area contributed by atoms with E-state index in [2.05, 4.69) is 34.6 Å². The molecule has 0 atom stereocenters. The molecule has 1 aromatic carbocycles. The number of aryl methyl sites for hydroxylation is 1. The number of aromatic nitrogens is 1. The third-order valence-electron chi connectivity index (χ3n) is 3.04. The number of nitrogens with zero attached hydrogens (tertiary/aromatic N) is 1. The zero-order valence-electron chi connectivity index (χ0n) is 9.11. The quantitative estimate of drug-likeness (QED) is 0.782. The van der Waals surface area contributed by atoms with Crippen molar-refractivity contribution in [3.63, 3.8) is 0 Å². The first kappa shape index (κ1) is 9.40. The SMILES string of the molecule is c1cncc(-c2ccc3c(c2)CCCN3)c1. The van der Waals surface area contributed by atoms with Gasteiger partial charge in [-0.1, -0.05) is 12.1 Å². The van der Waals surface area contributed by atoms with Gasteiger partial charge in [0.05, 0.1) is 0 Å². The summed E-state index contributed by atoms with van der Waals surface area (Å²) in [5.41, 5.74) is 5.16. The Bertz CT molecular complexity index is 491. The maximum Gasteiger partial charge on any atom is 0.0373 e. The summed E-state index contributed by atoms with van der Waals surface area (Å²) in [7, 11) is 0. The fraction of sp³-hybridized carbons (Fsp3) is 0.214. The molecule has 0 unspecified atom stereocenters. The van der Waals surface area contributed by atoms with Crippen LogP contribution in [-0.2, 0) is 6.42 Å². The average molecular weight is 210 g/mol. The average Bonchev–Trinajstić information content (AvgIpc) is 2.39. The molecule has 1 N–H and O–H groups in total. The number of hydrogen-bond acceptors (Lipinski definition) is 2. The van der Waals surface area contributed by atoms with E-state index in [1.165, 1.54) is 35.2 Å². The highest BCUT2D eigenvalue weighted by Gasteiger charge is 2.09. The van der Waals surface area contributed by atoms with Gasteiger partial charge < -0.3 is 5.32 Å². The number of benzene rings is 1. The second kappa shape index (κ2) is 3.97. The Morgan fingerprint density at radius 2 is 2.12 bits per heavy atom. The van der Waals surface area contributed by atoms with Crippen LogP contribution in [0.2, 0.25) is 0 Å². The van der Waals surface area contributed by atoms with Crippen LogP contribution in [0.15, 0.2) is 42.7 Å². The summed E-state index contributed by atoms with van der Waals surface area (Å²) in [5, 5.41) is 3.43. The lowest BCUT2D eigenvalue weighted by Crippen LogP contribution is -2.11. The van der Waals surface area contributed by atoms with Crippen LogP contribution in [0.25, 0.3) is 11.1 Å². The van der Waals surface area contributed by atoms with Crippen molar-refractivity contribution in [3.8, 4) is 11.1 Å². The minimum Gasteiger partial charge on any atom is -0.385 e. The topological polar surface area (TPSA) is 24.9 Å². The maximum atomic E-state index is 4.16. The van der Waals surface area contributed by atoms with E-state index < -0.39 is 0 Å². The van der Waals surface area contributed by atoms with Gasteiger partial charge in [-0.25, -0.2) is 0 Å². The summed E-state index contributed by atoms with van der Waals surface area (Å²) in [5.74, 6) is 0. The van der Waals surface area contributed by atoms with E-state index in [-0.39, 0.29) is 0 Å². The van der Waals surface area contributed by atoms with Gasteiger partial charge in [0, 0.05) is 24.6 Å². The number of fused-ring (bicyclic) bond motifs is 1. The Morgan fingerprint density at radius 1 is 1.12 bits per heavy atom. The van der Waals surface area contributed by atoms with Crippen LogP contribution in [0.4, 0.5) is 5.69 Å². The molecule has 0 aliphatic carbocycles. The van der Waals surface area contributed by atoms with Crippen LogP contribution >= 0.6 is 0 Å². The molecular weight excluding hydrogens is 196 g/mol. The zero-order valence-corrected chi connectivity index (χ0v) is 9.11. The maximum absolute atomic E-state index is 4.16. The fourth-order valence-corrected chi connectivity index (χ4v) is 2.19. The first-order valence-electron chi connectivity index (χ1n) is 5.71. The van der Waals surface area contributed by atoms with Gasteiger partial charge in [-0.05, 0) is 47.7 Å². The highest BCUT2D eigenvalue weighted by atomic mass is 14.9. The summed E-state index contributed by atoms with van der Waals surface area (Å²) >= 11 is 0. The highest BCUT2D eigenvalue weighted by Crippen LogP contribution is 2.27. The highest BCUT2D eigenvalue weighted by molar-refractivity contribution is 5.68. The molecule has 80 valence electrons. The van der Waals surface area contributed by atoms with Gasteiger partial charge in [-0.2, -0.15) is 0 Å². The molecule has 0 saturated carbocycles.